The number of ether oxygens (including phenoxy) is 2. The van der Waals surface area contributed by atoms with Crippen LogP contribution in [-0.2, 0) is 32.1 Å². The molecule has 0 spiro atoms. The molecule has 2 aromatic carbocycles. The Bertz CT molecular complexity index is 1040. The van der Waals surface area contributed by atoms with Crippen molar-refractivity contribution in [1.82, 2.24) is 10.2 Å². The number of carbonyl (C=O) groups excluding carboxylic acids is 2. The molecule has 0 aliphatic rings. The average Bonchev–Trinajstić information content (AvgIpc) is 2.84. The lowest BCUT2D eigenvalue weighted by Gasteiger charge is -2.24. The highest BCUT2D eigenvalue weighted by Gasteiger charge is 2.28. The molecule has 2 aromatic rings. The molecule has 0 fully saturated rings. The van der Waals surface area contributed by atoms with Crippen LogP contribution in [0.4, 0.5) is 9.59 Å². The number of benzene rings is 2. The molecule has 11 nitrogen and oxygen atoms in total. The van der Waals surface area contributed by atoms with Gasteiger partial charge in [0.05, 0.1) is 6.10 Å². The zero-order valence-corrected chi connectivity index (χ0v) is 22.2. The molecule has 0 bridgehead atoms. The maximum atomic E-state index is 12.1. The van der Waals surface area contributed by atoms with Gasteiger partial charge in [-0.2, -0.15) is 0 Å². The van der Waals surface area contributed by atoms with E-state index in [1.807, 2.05) is 60.7 Å². The summed E-state index contributed by atoms with van der Waals surface area (Å²) in [6, 6.07) is 16.1. The first kappa shape index (κ1) is 31.9. The lowest BCUT2D eigenvalue weighted by Crippen LogP contribution is -2.49. The summed E-state index contributed by atoms with van der Waals surface area (Å²) in [5.74, 6) is -2.37. The van der Waals surface area contributed by atoms with E-state index < -0.39 is 47.9 Å². The van der Waals surface area contributed by atoms with E-state index in [0.717, 1.165) is 16.0 Å². The number of carbonyl (C=O) groups is 4. The Kier molecular flexibility index (Phi) is 12.8. The van der Waals surface area contributed by atoms with Crippen molar-refractivity contribution in [3.05, 3.63) is 71.8 Å². The molecule has 3 atom stereocenters. The first-order chi connectivity index (χ1) is 17.7. The number of hydrogen-bond donors (Lipinski definition) is 4. The van der Waals surface area contributed by atoms with Crippen LogP contribution in [0.2, 0.25) is 0 Å². The van der Waals surface area contributed by atoms with Crippen LogP contribution >= 0.6 is 0 Å². The smallest absolute Gasteiger partial charge is 0.410 e. The summed E-state index contributed by atoms with van der Waals surface area (Å²) in [4.78, 5) is 46.5. The van der Waals surface area contributed by atoms with E-state index in [0.29, 0.717) is 0 Å². The second kappa shape index (κ2) is 15.2. The van der Waals surface area contributed by atoms with Gasteiger partial charge in [0.2, 0.25) is 0 Å². The molecule has 0 aliphatic heterocycles. The minimum Gasteiger partial charge on any atom is -0.480 e. The Hall–Kier alpha value is -4.12. The van der Waals surface area contributed by atoms with Crippen molar-refractivity contribution in [2.45, 2.75) is 64.5 Å². The molecule has 0 aromatic heterocycles. The van der Waals surface area contributed by atoms with Gasteiger partial charge in [0.25, 0.3) is 0 Å². The van der Waals surface area contributed by atoms with E-state index in [1.165, 1.54) is 14.0 Å². The fourth-order valence-electron chi connectivity index (χ4n) is 3.00. The predicted octanol–water partition coefficient (Wildman–Crippen LogP) is 3.30. The largest absolute Gasteiger partial charge is 0.480 e. The molecular weight excluding hydrogens is 496 g/mol. The standard InChI is InChI=1S/C18H19NO4.C9H17NO5/c1-19(18(22)23-13-15-10-6-3-7-11-15)16(17(20)21)12-14-8-4-2-5-9-14;1-5(11)6(7(12)13)10-8(14)15-9(2,3)4/h2-11,16H,12-13H2,1H3,(H,20,21);5-6,11H,1-4H3,(H,10,14)(H,12,13)/t16-;5-,6+/m01/s1. The highest BCUT2D eigenvalue weighted by atomic mass is 16.6. The number of aliphatic hydroxyl groups is 1. The van der Waals surface area contributed by atoms with E-state index >= 15 is 0 Å². The third-order valence-corrected chi connectivity index (χ3v) is 4.94. The maximum absolute atomic E-state index is 12.1. The first-order valence-corrected chi connectivity index (χ1v) is 11.8. The number of nitrogens with zero attached hydrogens (tertiary/aromatic N) is 1. The van der Waals surface area contributed by atoms with Gasteiger partial charge in [-0.25, -0.2) is 19.2 Å². The van der Waals surface area contributed by atoms with E-state index in [2.05, 4.69) is 5.32 Å². The number of aliphatic carboxylic acids is 2. The number of carboxylic acid groups (broad SMARTS) is 2. The lowest BCUT2D eigenvalue weighted by molar-refractivity contribution is -0.143. The van der Waals surface area contributed by atoms with Gasteiger partial charge < -0.3 is 30.1 Å². The Morgan fingerprint density at radius 3 is 1.82 bits per heavy atom. The Balaban J connectivity index is 0.000000420. The second-order valence-corrected chi connectivity index (χ2v) is 9.40. The van der Waals surface area contributed by atoms with Crippen LogP contribution in [0, 0.1) is 0 Å². The fourth-order valence-corrected chi connectivity index (χ4v) is 3.00. The number of aliphatic hydroxyl groups excluding tert-OH is 1. The van der Waals surface area contributed by atoms with Crippen LogP contribution in [0.1, 0.15) is 38.8 Å². The lowest BCUT2D eigenvalue weighted by atomic mass is 10.1. The molecule has 11 heteroatoms. The molecule has 0 saturated carbocycles. The van der Waals surface area contributed by atoms with Crippen molar-refractivity contribution in [2.75, 3.05) is 7.05 Å². The zero-order chi connectivity index (χ0) is 28.9. The minimum atomic E-state index is -1.36. The van der Waals surface area contributed by atoms with Crippen molar-refractivity contribution in [3.63, 3.8) is 0 Å². The van der Waals surface area contributed by atoms with Gasteiger partial charge >= 0.3 is 24.1 Å². The van der Waals surface area contributed by atoms with E-state index in [9.17, 15) is 24.3 Å². The predicted molar refractivity (Wildman–Crippen MR) is 138 cm³/mol. The number of rotatable bonds is 9. The molecule has 0 unspecified atom stereocenters. The summed E-state index contributed by atoms with van der Waals surface area (Å²) in [6.45, 7) is 6.36. The van der Waals surface area contributed by atoms with Crippen LogP contribution in [0.25, 0.3) is 0 Å². The van der Waals surface area contributed by atoms with Gasteiger partial charge in [-0.05, 0) is 38.8 Å². The molecule has 0 heterocycles. The highest BCUT2D eigenvalue weighted by Crippen LogP contribution is 2.11. The highest BCUT2D eigenvalue weighted by molar-refractivity contribution is 5.81. The fraction of sp³-hybridized carbons (Fsp3) is 0.407. The molecule has 208 valence electrons. The van der Waals surface area contributed by atoms with E-state index in [-0.39, 0.29) is 13.0 Å². The molecule has 0 radical (unpaired) electrons. The number of hydrogen-bond acceptors (Lipinski definition) is 7. The van der Waals surface area contributed by atoms with Gasteiger partial charge in [-0.3, -0.25) is 4.90 Å². The second-order valence-electron chi connectivity index (χ2n) is 9.40. The number of likely N-dealkylation sites (N-methyl/N-ethyl adjacent to an activating group) is 1. The maximum Gasteiger partial charge on any atom is 0.410 e. The minimum absolute atomic E-state index is 0.113. The summed E-state index contributed by atoms with van der Waals surface area (Å²) in [7, 11) is 1.44. The van der Waals surface area contributed by atoms with Gasteiger partial charge in [0.15, 0.2) is 6.04 Å². The Morgan fingerprint density at radius 2 is 1.39 bits per heavy atom. The Labute approximate surface area is 222 Å². The van der Waals surface area contributed by atoms with Crippen molar-refractivity contribution >= 4 is 24.1 Å². The van der Waals surface area contributed by atoms with Crippen molar-refractivity contribution in [1.29, 1.82) is 0 Å². The summed E-state index contributed by atoms with van der Waals surface area (Å²) in [6.07, 6.45) is -2.48. The van der Waals surface area contributed by atoms with Crippen LogP contribution in [-0.4, -0.2) is 75.2 Å². The molecule has 2 rings (SSSR count). The SMILES string of the molecule is CN(C(=O)OCc1ccccc1)[C@@H](Cc1ccccc1)C(=O)O.C[C@@H](O)[C@H](NC(=O)OC(C)(C)C)C(=O)O. The van der Waals surface area contributed by atoms with Crippen LogP contribution in [0.15, 0.2) is 60.7 Å². The quantitative estimate of drug-likeness (QED) is 0.379. The monoisotopic (exact) mass is 532 g/mol. The van der Waals surface area contributed by atoms with Crippen molar-refractivity contribution in [3.8, 4) is 0 Å². The van der Waals surface area contributed by atoms with Gasteiger partial charge in [-0.15, -0.1) is 0 Å². The normalized spacial score (nSPS) is 13.0. The first-order valence-electron chi connectivity index (χ1n) is 11.8. The third-order valence-electron chi connectivity index (χ3n) is 4.94. The molecule has 2 amide bonds. The number of alkyl carbamates (subject to hydrolysis) is 1. The van der Waals surface area contributed by atoms with Crippen LogP contribution < -0.4 is 5.32 Å². The Morgan fingerprint density at radius 1 is 0.895 bits per heavy atom. The molecular formula is C27H36N2O9. The van der Waals surface area contributed by atoms with Gasteiger partial charge in [0.1, 0.15) is 18.2 Å². The van der Waals surface area contributed by atoms with Crippen molar-refractivity contribution in [2.24, 2.45) is 0 Å². The molecule has 0 aliphatic carbocycles. The van der Waals surface area contributed by atoms with Crippen LogP contribution in [0.5, 0.6) is 0 Å². The summed E-state index contributed by atoms with van der Waals surface area (Å²) in [5.41, 5.74) is 0.998. The third kappa shape index (κ3) is 12.2. The van der Waals surface area contributed by atoms with Gasteiger partial charge in [-0.1, -0.05) is 60.7 Å². The summed E-state index contributed by atoms with van der Waals surface area (Å²) >= 11 is 0. The number of carboxylic acids is 2. The molecule has 0 saturated heterocycles. The van der Waals surface area contributed by atoms with Gasteiger partial charge in [0, 0.05) is 13.5 Å². The average molecular weight is 533 g/mol. The molecule has 38 heavy (non-hydrogen) atoms. The zero-order valence-electron chi connectivity index (χ0n) is 22.2. The molecule has 4 N–H and O–H groups in total. The summed E-state index contributed by atoms with van der Waals surface area (Å²) < 4.78 is 10.0. The van der Waals surface area contributed by atoms with Crippen molar-refractivity contribution < 1.29 is 44.0 Å². The number of nitrogens with one attached hydrogen (secondary N) is 1. The summed E-state index contributed by atoms with van der Waals surface area (Å²) in [5, 5.41) is 29.2. The van der Waals surface area contributed by atoms with E-state index in [1.54, 1.807) is 20.8 Å². The number of amides is 2. The van der Waals surface area contributed by atoms with Crippen LogP contribution in [0.3, 0.4) is 0 Å². The topological polar surface area (TPSA) is 163 Å². The van der Waals surface area contributed by atoms with E-state index in [4.69, 9.17) is 19.7 Å².